The molecule has 1 aromatic carbocycles. The van der Waals surface area contributed by atoms with Gasteiger partial charge in [-0.3, -0.25) is 0 Å². The van der Waals surface area contributed by atoms with E-state index >= 15 is 0 Å². The highest BCUT2D eigenvalue weighted by Crippen LogP contribution is 2.30. The Kier molecular flexibility index (Phi) is 1.70. The monoisotopic (exact) mass is 166 g/mol. The largest absolute Gasteiger partial charge is 0.206 e. The Morgan fingerprint density at radius 2 is 2.27 bits per heavy atom. The van der Waals surface area contributed by atoms with Crippen molar-refractivity contribution in [3.05, 3.63) is 35.7 Å². The van der Waals surface area contributed by atoms with Crippen LogP contribution in [0.25, 0.3) is 6.08 Å². The molecule has 0 N–H and O–H groups in total. The van der Waals surface area contributed by atoms with Crippen molar-refractivity contribution in [2.45, 2.75) is 4.90 Å². The molecule has 11 heavy (non-hydrogen) atoms. The first-order chi connectivity index (χ1) is 5.38. The van der Waals surface area contributed by atoms with Gasteiger partial charge in [-0.15, -0.1) is 11.8 Å². The molecule has 0 unspecified atom stereocenters. The molecule has 2 heteroatoms. The van der Waals surface area contributed by atoms with Crippen molar-refractivity contribution in [2.24, 2.45) is 0 Å². The van der Waals surface area contributed by atoms with Gasteiger partial charge in [-0.2, -0.15) is 0 Å². The van der Waals surface area contributed by atoms with Crippen molar-refractivity contribution in [3.63, 3.8) is 0 Å². The zero-order chi connectivity index (χ0) is 7.68. The van der Waals surface area contributed by atoms with Gasteiger partial charge in [-0.05, 0) is 11.6 Å². The molecule has 0 aromatic heterocycles. The number of rotatable bonds is 0. The Hall–Kier alpha value is -0.760. The molecule has 0 spiro atoms. The average Bonchev–Trinajstić information content (AvgIpc) is 2.06. The summed E-state index contributed by atoms with van der Waals surface area (Å²) in [5.74, 6) is 0.783. The third-order valence-electron chi connectivity index (χ3n) is 1.62. The zero-order valence-electron chi connectivity index (χ0n) is 5.88. The maximum Gasteiger partial charge on any atom is 0.137 e. The molecular formula is C9H7FS. The zero-order valence-corrected chi connectivity index (χ0v) is 6.70. The first-order valence-electron chi connectivity index (χ1n) is 3.46. The van der Waals surface area contributed by atoms with Crippen LogP contribution >= 0.6 is 11.8 Å². The maximum absolute atomic E-state index is 13.0. The topological polar surface area (TPSA) is 0 Å². The average molecular weight is 166 g/mol. The minimum atomic E-state index is -0.100. The number of halogens is 1. The van der Waals surface area contributed by atoms with E-state index in [1.165, 1.54) is 6.07 Å². The molecule has 2 rings (SSSR count). The molecule has 0 aliphatic carbocycles. The van der Waals surface area contributed by atoms with E-state index in [1.54, 1.807) is 17.8 Å². The van der Waals surface area contributed by atoms with Gasteiger partial charge in [0.15, 0.2) is 0 Å². The van der Waals surface area contributed by atoms with Gasteiger partial charge in [0.1, 0.15) is 5.82 Å². The lowest BCUT2D eigenvalue weighted by Gasteiger charge is -2.09. The molecule has 56 valence electrons. The van der Waals surface area contributed by atoms with Gasteiger partial charge in [0.05, 0.1) is 4.90 Å². The van der Waals surface area contributed by atoms with Gasteiger partial charge in [0, 0.05) is 5.75 Å². The Morgan fingerprint density at radius 3 is 3.09 bits per heavy atom. The summed E-state index contributed by atoms with van der Waals surface area (Å²) in [6, 6.07) is 5.18. The highest BCUT2D eigenvalue weighted by atomic mass is 32.2. The molecule has 0 nitrogen and oxygen atoms in total. The Labute approximate surface area is 69.1 Å². The van der Waals surface area contributed by atoms with Gasteiger partial charge < -0.3 is 0 Å². The molecule has 1 heterocycles. The summed E-state index contributed by atoms with van der Waals surface area (Å²) in [7, 11) is 0. The lowest BCUT2D eigenvalue weighted by molar-refractivity contribution is 0.601. The second kappa shape index (κ2) is 2.70. The van der Waals surface area contributed by atoms with Gasteiger partial charge in [-0.25, -0.2) is 4.39 Å². The molecular weight excluding hydrogens is 159 g/mol. The Morgan fingerprint density at radius 1 is 1.36 bits per heavy atom. The van der Waals surface area contributed by atoms with E-state index in [0.29, 0.717) is 0 Å². The van der Waals surface area contributed by atoms with Crippen LogP contribution in [0.4, 0.5) is 4.39 Å². The van der Waals surface area contributed by atoms with E-state index in [1.807, 2.05) is 18.2 Å². The lowest BCUT2D eigenvalue weighted by atomic mass is 10.2. The fourth-order valence-electron chi connectivity index (χ4n) is 1.12. The summed E-state index contributed by atoms with van der Waals surface area (Å²) >= 11 is 1.55. The Bertz CT molecular complexity index is 304. The number of benzene rings is 1. The second-order valence-electron chi connectivity index (χ2n) is 2.37. The fraction of sp³-hybridized carbons (Fsp3) is 0.111. The number of fused-ring (bicyclic) bond motifs is 1. The van der Waals surface area contributed by atoms with Crippen molar-refractivity contribution < 1.29 is 4.39 Å². The van der Waals surface area contributed by atoms with Crippen LogP contribution in [0, 0.1) is 5.82 Å². The third-order valence-corrected chi connectivity index (χ3v) is 2.70. The van der Waals surface area contributed by atoms with Crippen LogP contribution in [0.1, 0.15) is 5.56 Å². The van der Waals surface area contributed by atoms with Crippen LogP contribution in [-0.2, 0) is 0 Å². The number of hydrogen-bond acceptors (Lipinski definition) is 1. The highest BCUT2D eigenvalue weighted by molar-refractivity contribution is 7.99. The Balaban J connectivity index is 2.60. The molecule has 1 aliphatic heterocycles. The standard InChI is InChI=1S/C9H7FS/c10-8-5-1-3-7-4-2-6-11-9(7)8/h1-5H,6H2. The molecule has 0 amide bonds. The predicted octanol–water partition coefficient (Wildman–Crippen LogP) is 2.94. The van der Waals surface area contributed by atoms with Crippen molar-refractivity contribution >= 4 is 17.8 Å². The van der Waals surface area contributed by atoms with E-state index in [0.717, 1.165) is 16.2 Å². The molecule has 0 fully saturated rings. The van der Waals surface area contributed by atoms with Gasteiger partial charge in [0.25, 0.3) is 0 Å². The quantitative estimate of drug-likeness (QED) is 0.571. The van der Waals surface area contributed by atoms with Crippen molar-refractivity contribution in [3.8, 4) is 0 Å². The molecule has 0 saturated heterocycles. The van der Waals surface area contributed by atoms with E-state index in [2.05, 4.69) is 0 Å². The van der Waals surface area contributed by atoms with E-state index in [9.17, 15) is 4.39 Å². The van der Waals surface area contributed by atoms with Crippen LogP contribution in [-0.4, -0.2) is 5.75 Å². The van der Waals surface area contributed by atoms with Gasteiger partial charge >= 0.3 is 0 Å². The number of hydrogen-bond donors (Lipinski definition) is 0. The van der Waals surface area contributed by atoms with Crippen LogP contribution in [0.15, 0.2) is 29.2 Å². The SMILES string of the molecule is Fc1cccc2c1SCC=C2. The molecule has 0 atom stereocenters. The normalized spacial score (nSPS) is 14.6. The maximum atomic E-state index is 13.0. The van der Waals surface area contributed by atoms with Crippen LogP contribution in [0.3, 0.4) is 0 Å². The van der Waals surface area contributed by atoms with Crippen molar-refractivity contribution in [1.29, 1.82) is 0 Å². The van der Waals surface area contributed by atoms with E-state index in [-0.39, 0.29) is 5.82 Å². The summed E-state index contributed by atoms with van der Waals surface area (Å²) < 4.78 is 13.0. The summed E-state index contributed by atoms with van der Waals surface area (Å²) in [6.07, 6.45) is 4.02. The van der Waals surface area contributed by atoms with Crippen LogP contribution < -0.4 is 0 Å². The van der Waals surface area contributed by atoms with E-state index < -0.39 is 0 Å². The summed E-state index contributed by atoms with van der Waals surface area (Å²) in [5.41, 5.74) is 1.00. The lowest BCUT2D eigenvalue weighted by Crippen LogP contribution is -1.90. The van der Waals surface area contributed by atoms with Crippen molar-refractivity contribution in [1.82, 2.24) is 0 Å². The summed E-state index contributed by atoms with van der Waals surface area (Å²) in [4.78, 5) is 0.787. The first kappa shape index (κ1) is 6.92. The molecule has 1 aromatic rings. The molecule has 0 saturated carbocycles. The van der Waals surface area contributed by atoms with E-state index in [4.69, 9.17) is 0 Å². The third kappa shape index (κ3) is 1.18. The minimum Gasteiger partial charge on any atom is -0.206 e. The molecule has 1 aliphatic rings. The predicted molar refractivity (Wildman–Crippen MR) is 46.2 cm³/mol. The molecule has 0 radical (unpaired) electrons. The summed E-state index contributed by atoms with van der Waals surface area (Å²) in [6.45, 7) is 0. The van der Waals surface area contributed by atoms with Crippen LogP contribution in [0.2, 0.25) is 0 Å². The number of thioether (sulfide) groups is 1. The van der Waals surface area contributed by atoms with Gasteiger partial charge in [-0.1, -0.05) is 24.3 Å². The van der Waals surface area contributed by atoms with Crippen molar-refractivity contribution in [2.75, 3.05) is 5.75 Å². The molecule has 0 bridgehead atoms. The smallest absolute Gasteiger partial charge is 0.137 e. The second-order valence-corrected chi connectivity index (χ2v) is 3.40. The minimum absolute atomic E-state index is 0.100. The highest BCUT2D eigenvalue weighted by Gasteiger charge is 2.08. The van der Waals surface area contributed by atoms with Crippen LogP contribution in [0.5, 0.6) is 0 Å². The fourth-order valence-corrected chi connectivity index (χ4v) is 1.98. The first-order valence-corrected chi connectivity index (χ1v) is 4.44. The van der Waals surface area contributed by atoms with Gasteiger partial charge in [0.2, 0.25) is 0 Å². The summed E-state index contributed by atoms with van der Waals surface area (Å²) in [5, 5.41) is 0.